The average molecular weight is 365 g/mol. The van der Waals surface area contributed by atoms with Crippen LogP contribution in [0.2, 0.25) is 0 Å². The third-order valence-corrected chi connectivity index (χ3v) is 5.09. The Hall–Kier alpha value is -1.85. The summed E-state index contributed by atoms with van der Waals surface area (Å²) in [5, 5.41) is 3.76. The molecule has 0 aliphatic heterocycles. The summed E-state index contributed by atoms with van der Waals surface area (Å²) in [5.74, 6) is 0.00790. The minimum Gasteiger partial charge on any atom is -0.422 e. The third-order valence-electron chi connectivity index (χ3n) is 5.09. The van der Waals surface area contributed by atoms with Crippen LogP contribution < -0.4 is 16.7 Å². The molecule has 1 aliphatic carbocycles. The zero-order valence-electron chi connectivity index (χ0n) is 14.4. The number of amides is 1. The number of aryl methyl sites for hydroxylation is 1. The van der Waals surface area contributed by atoms with E-state index in [0.29, 0.717) is 23.6 Å². The summed E-state index contributed by atoms with van der Waals surface area (Å²) in [6, 6.07) is 7.16. The standard InChI is InChI=1S/C19H24N2O3.ClH/c1-12-14-9-5-6-10-16(14)24-19(23)17(12)18(22)21-15(11-20)13-7-3-2-4-8-13;/h5-6,9-10,13,15H,2-4,7-8,11,20H2,1H3,(H,21,22);1H. The lowest BCUT2D eigenvalue weighted by atomic mass is 9.83. The maximum absolute atomic E-state index is 12.7. The molecule has 1 unspecified atom stereocenters. The van der Waals surface area contributed by atoms with E-state index >= 15 is 0 Å². The van der Waals surface area contributed by atoms with E-state index in [2.05, 4.69) is 5.32 Å². The molecule has 1 atom stereocenters. The first kappa shape index (κ1) is 19.5. The molecule has 1 aliphatic rings. The fourth-order valence-corrected chi connectivity index (χ4v) is 3.71. The zero-order valence-corrected chi connectivity index (χ0v) is 15.2. The molecule has 1 saturated carbocycles. The lowest BCUT2D eigenvalue weighted by Gasteiger charge is -2.30. The second-order valence-electron chi connectivity index (χ2n) is 6.60. The first-order chi connectivity index (χ1) is 11.6. The maximum atomic E-state index is 12.7. The van der Waals surface area contributed by atoms with Crippen LogP contribution in [-0.2, 0) is 0 Å². The third kappa shape index (κ3) is 4.05. The van der Waals surface area contributed by atoms with Gasteiger partial charge in [0.25, 0.3) is 5.91 Å². The van der Waals surface area contributed by atoms with Gasteiger partial charge in [0.2, 0.25) is 0 Å². The van der Waals surface area contributed by atoms with Crippen LogP contribution >= 0.6 is 12.4 Å². The molecule has 1 aromatic heterocycles. The molecule has 1 heterocycles. The largest absolute Gasteiger partial charge is 0.422 e. The average Bonchev–Trinajstić information content (AvgIpc) is 2.60. The summed E-state index contributed by atoms with van der Waals surface area (Å²) in [4.78, 5) is 25.0. The zero-order chi connectivity index (χ0) is 17.1. The molecule has 0 bridgehead atoms. The lowest BCUT2D eigenvalue weighted by Crippen LogP contribution is -2.47. The van der Waals surface area contributed by atoms with Gasteiger partial charge in [0.05, 0.1) is 0 Å². The molecular formula is C19H25ClN2O3. The number of rotatable bonds is 4. The molecule has 1 fully saturated rings. The van der Waals surface area contributed by atoms with E-state index in [1.165, 1.54) is 19.3 Å². The summed E-state index contributed by atoms with van der Waals surface area (Å²) < 4.78 is 5.31. The number of hydrogen-bond acceptors (Lipinski definition) is 4. The molecule has 3 N–H and O–H groups in total. The van der Waals surface area contributed by atoms with Crippen LogP contribution in [0.25, 0.3) is 11.0 Å². The van der Waals surface area contributed by atoms with Crippen molar-refractivity contribution in [1.82, 2.24) is 5.32 Å². The van der Waals surface area contributed by atoms with Crippen molar-refractivity contribution in [3.05, 3.63) is 45.8 Å². The molecule has 3 rings (SSSR count). The number of para-hydroxylation sites is 1. The van der Waals surface area contributed by atoms with Crippen molar-refractivity contribution in [1.29, 1.82) is 0 Å². The van der Waals surface area contributed by atoms with Crippen LogP contribution in [0.3, 0.4) is 0 Å². The van der Waals surface area contributed by atoms with Gasteiger partial charge in [-0.05, 0) is 37.3 Å². The highest BCUT2D eigenvalue weighted by Gasteiger charge is 2.26. The maximum Gasteiger partial charge on any atom is 0.349 e. The van der Waals surface area contributed by atoms with Crippen molar-refractivity contribution in [2.24, 2.45) is 11.7 Å². The van der Waals surface area contributed by atoms with Crippen molar-refractivity contribution in [2.45, 2.75) is 45.1 Å². The fourth-order valence-electron chi connectivity index (χ4n) is 3.71. The highest BCUT2D eigenvalue weighted by Crippen LogP contribution is 2.26. The minimum absolute atomic E-state index is 0. The van der Waals surface area contributed by atoms with Crippen LogP contribution in [-0.4, -0.2) is 18.5 Å². The van der Waals surface area contributed by atoms with Gasteiger partial charge < -0.3 is 15.5 Å². The molecule has 136 valence electrons. The first-order valence-electron chi connectivity index (χ1n) is 8.65. The number of carbonyl (C=O) groups is 1. The quantitative estimate of drug-likeness (QED) is 0.816. The van der Waals surface area contributed by atoms with Crippen molar-refractivity contribution in [2.75, 3.05) is 6.54 Å². The highest BCUT2D eigenvalue weighted by molar-refractivity contribution is 5.99. The monoisotopic (exact) mass is 364 g/mol. The number of nitrogens with one attached hydrogen (secondary N) is 1. The van der Waals surface area contributed by atoms with Gasteiger partial charge in [-0.1, -0.05) is 37.5 Å². The van der Waals surface area contributed by atoms with E-state index in [1.54, 1.807) is 19.1 Å². The molecule has 2 aromatic rings. The van der Waals surface area contributed by atoms with Gasteiger partial charge in [-0.15, -0.1) is 12.4 Å². The Kier molecular flexibility index (Phi) is 6.62. The molecule has 6 heteroatoms. The Labute approximate surface area is 153 Å². The van der Waals surface area contributed by atoms with Crippen molar-refractivity contribution < 1.29 is 9.21 Å². The molecule has 25 heavy (non-hydrogen) atoms. The summed E-state index contributed by atoms with van der Waals surface area (Å²) in [5.41, 5.74) is 6.52. The molecule has 0 spiro atoms. The van der Waals surface area contributed by atoms with Gasteiger partial charge in [-0.2, -0.15) is 0 Å². The molecule has 0 saturated heterocycles. The number of carbonyl (C=O) groups excluding carboxylic acids is 1. The Morgan fingerprint density at radius 2 is 1.96 bits per heavy atom. The number of benzene rings is 1. The first-order valence-corrected chi connectivity index (χ1v) is 8.65. The molecule has 5 nitrogen and oxygen atoms in total. The van der Waals surface area contributed by atoms with E-state index < -0.39 is 5.63 Å². The Morgan fingerprint density at radius 1 is 1.28 bits per heavy atom. The number of nitrogens with two attached hydrogens (primary N) is 1. The smallest absolute Gasteiger partial charge is 0.349 e. The number of fused-ring (bicyclic) bond motifs is 1. The Bertz CT molecular complexity index is 797. The van der Waals surface area contributed by atoms with E-state index in [-0.39, 0.29) is 29.9 Å². The Morgan fingerprint density at radius 3 is 2.64 bits per heavy atom. The number of hydrogen-bond donors (Lipinski definition) is 2. The Balaban J connectivity index is 0.00000225. The highest BCUT2D eigenvalue weighted by atomic mass is 35.5. The second kappa shape index (κ2) is 8.50. The van der Waals surface area contributed by atoms with Crippen LogP contribution in [0.4, 0.5) is 0 Å². The predicted molar refractivity (Wildman–Crippen MR) is 101 cm³/mol. The SMILES string of the molecule is Cc1c(C(=O)NC(CN)C2CCCCC2)c(=O)oc2ccccc12.Cl. The van der Waals surface area contributed by atoms with Crippen molar-refractivity contribution >= 4 is 29.3 Å². The van der Waals surface area contributed by atoms with Crippen LogP contribution in [0.5, 0.6) is 0 Å². The van der Waals surface area contributed by atoms with E-state index in [1.807, 2.05) is 12.1 Å². The fraction of sp³-hybridized carbons (Fsp3) is 0.474. The van der Waals surface area contributed by atoms with Gasteiger partial charge in [0.15, 0.2) is 0 Å². The summed E-state index contributed by atoms with van der Waals surface area (Å²) in [6.07, 6.45) is 5.75. The minimum atomic E-state index is -0.594. The lowest BCUT2D eigenvalue weighted by molar-refractivity contribution is 0.0911. The van der Waals surface area contributed by atoms with Crippen molar-refractivity contribution in [3.8, 4) is 0 Å². The van der Waals surface area contributed by atoms with Gasteiger partial charge in [0, 0.05) is 18.0 Å². The molecule has 0 radical (unpaired) electrons. The van der Waals surface area contributed by atoms with Crippen LogP contribution in [0.1, 0.15) is 48.0 Å². The summed E-state index contributed by atoms with van der Waals surface area (Å²) in [6.45, 7) is 2.17. The summed E-state index contributed by atoms with van der Waals surface area (Å²) >= 11 is 0. The van der Waals surface area contributed by atoms with Gasteiger partial charge >= 0.3 is 5.63 Å². The van der Waals surface area contributed by atoms with Gasteiger partial charge in [-0.25, -0.2) is 4.79 Å². The molecule has 1 amide bonds. The normalized spacial score (nSPS) is 16.2. The second-order valence-corrected chi connectivity index (χ2v) is 6.60. The predicted octanol–water partition coefficient (Wildman–Crippen LogP) is 3.16. The molecule has 1 aromatic carbocycles. The van der Waals surface area contributed by atoms with E-state index in [9.17, 15) is 9.59 Å². The van der Waals surface area contributed by atoms with Crippen LogP contribution in [0, 0.1) is 12.8 Å². The van der Waals surface area contributed by atoms with Gasteiger partial charge in [-0.3, -0.25) is 4.79 Å². The van der Waals surface area contributed by atoms with E-state index in [4.69, 9.17) is 10.2 Å². The summed E-state index contributed by atoms with van der Waals surface area (Å²) in [7, 11) is 0. The van der Waals surface area contributed by atoms with Gasteiger partial charge in [0.1, 0.15) is 11.1 Å². The topological polar surface area (TPSA) is 85.3 Å². The van der Waals surface area contributed by atoms with Crippen LogP contribution in [0.15, 0.2) is 33.5 Å². The molecular weight excluding hydrogens is 340 g/mol. The number of halogens is 1. The van der Waals surface area contributed by atoms with Crippen molar-refractivity contribution in [3.63, 3.8) is 0 Å². The van der Waals surface area contributed by atoms with E-state index in [0.717, 1.165) is 18.2 Å².